The van der Waals surface area contributed by atoms with Gasteiger partial charge in [0.2, 0.25) is 0 Å². The first-order chi connectivity index (χ1) is 17.9. The van der Waals surface area contributed by atoms with Crippen molar-refractivity contribution in [3.8, 4) is 28.5 Å². The average Bonchev–Trinajstić information content (AvgIpc) is 3.21. The molecular weight excluding hydrogens is 513 g/mol. The summed E-state index contributed by atoms with van der Waals surface area (Å²) < 4.78 is 49.3. The first-order valence-corrected chi connectivity index (χ1v) is 16.2. The second-order valence-corrected chi connectivity index (χ2v) is 16.0. The Labute approximate surface area is 219 Å². The molecule has 38 heavy (non-hydrogen) atoms. The number of imidazole rings is 1. The molecule has 0 atom stereocenters. The Morgan fingerprint density at radius 1 is 0.974 bits per heavy atom. The summed E-state index contributed by atoms with van der Waals surface area (Å²) in [6.07, 6.45) is -3.96. The van der Waals surface area contributed by atoms with Crippen molar-refractivity contribution in [3.05, 3.63) is 64.4 Å². The third-order valence-corrected chi connectivity index (χ3v) is 7.81. The molecule has 2 aromatic carbocycles. The summed E-state index contributed by atoms with van der Waals surface area (Å²) in [6, 6.07) is 12.1. The molecule has 0 fully saturated rings. The Morgan fingerprint density at radius 2 is 1.63 bits per heavy atom. The molecular formula is C27H31F3N4O3Si. The lowest BCUT2D eigenvalue weighted by molar-refractivity contribution is -0.137. The van der Waals surface area contributed by atoms with Gasteiger partial charge in [-0.25, -0.2) is 9.97 Å². The van der Waals surface area contributed by atoms with Crippen molar-refractivity contribution in [1.29, 1.82) is 0 Å². The number of hydrogen-bond donors (Lipinski definition) is 1. The van der Waals surface area contributed by atoms with Crippen molar-refractivity contribution < 1.29 is 23.0 Å². The number of rotatable bonds is 9. The van der Waals surface area contributed by atoms with Crippen LogP contribution in [0.25, 0.3) is 33.9 Å². The van der Waals surface area contributed by atoms with Crippen LogP contribution in [0.4, 0.5) is 13.2 Å². The van der Waals surface area contributed by atoms with Gasteiger partial charge in [-0.2, -0.15) is 13.2 Å². The lowest BCUT2D eigenvalue weighted by atomic mass is 10.1. The van der Waals surface area contributed by atoms with Gasteiger partial charge in [-0.15, -0.1) is 0 Å². The zero-order valence-electron chi connectivity index (χ0n) is 21.8. The summed E-state index contributed by atoms with van der Waals surface area (Å²) >= 11 is 0. The second-order valence-electron chi connectivity index (χ2n) is 10.4. The summed E-state index contributed by atoms with van der Waals surface area (Å²) in [5, 5.41) is 9.75. The van der Waals surface area contributed by atoms with E-state index in [0.29, 0.717) is 24.4 Å². The molecule has 0 saturated carbocycles. The SMILES string of the molecule is CCCn1c(-c2cccc(C(F)(F)F)c2)nc2nc(-c3ccc(O)cc3)n(COCC[Si](C)(C)C)c2c1=O. The van der Waals surface area contributed by atoms with Crippen molar-refractivity contribution in [3.63, 3.8) is 0 Å². The molecule has 0 aliphatic heterocycles. The van der Waals surface area contributed by atoms with E-state index in [1.165, 1.54) is 28.8 Å². The molecule has 0 unspecified atom stereocenters. The highest BCUT2D eigenvalue weighted by atomic mass is 28.3. The predicted octanol–water partition coefficient (Wildman–Crippen LogP) is 6.37. The number of aromatic nitrogens is 4. The van der Waals surface area contributed by atoms with Crippen LogP contribution in [0.2, 0.25) is 25.7 Å². The molecule has 7 nitrogen and oxygen atoms in total. The largest absolute Gasteiger partial charge is 0.508 e. The van der Waals surface area contributed by atoms with Crippen molar-refractivity contribution in [1.82, 2.24) is 19.1 Å². The smallest absolute Gasteiger partial charge is 0.416 e. The Morgan fingerprint density at radius 3 is 2.24 bits per heavy atom. The van der Waals surface area contributed by atoms with Gasteiger partial charge in [0.15, 0.2) is 11.2 Å². The summed E-state index contributed by atoms with van der Waals surface area (Å²) in [5.74, 6) is 0.622. The van der Waals surface area contributed by atoms with Gasteiger partial charge in [-0.05, 0) is 48.9 Å². The monoisotopic (exact) mass is 544 g/mol. The predicted molar refractivity (Wildman–Crippen MR) is 144 cm³/mol. The summed E-state index contributed by atoms with van der Waals surface area (Å²) in [6.45, 7) is 9.45. The maximum absolute atomic E-state index is 13.9. The van der Waals surface area contributed by atoms with E-state index in [2.05, 4.69) is 29.6 Å². The number of phenols is 1. The Kier molecular flexibility index (Phi) is 7.79. The molecule has 0 aliphatic carbocycles. The van der Waals surface area contributed by atoms with E-state index in [-0.39, 0.29) is 41.6 Å². The molecule has 0 spiro atoms. The fourth-order valence-electron chi connectivity index (χ4n) is 4.09. The zero-order valence-corrected chi connectivity index (χ0v) is 22.8. The molecule has 0 bridgehead atoms. The van der Waals surface area contributed by atoms with Crippen molar-refractivity contribution in [2.24, 2.45) is 0 Å². The van der Waals surface area contributed by atoms with E-state index in [1.54, 1.807) is 16.7 Å². The van der Waals surface area contributed by atoms with E-state index in [0.717, 1.165) is 18.2 Å². The molecule has 0 aliphatic rings. The van der Waals surface area contributed by atoms with Crippen LogP contribution in [-0.2, 0) is 24.2 Å². The number of ether oxygens (including phenoxy) is 1. The number of hydrogen-bond acceptors (Lipinski definition) is 5. The molecule has 11 heteroatoms. The third kappa shape index (κ3) is 5.99. The third-order valence-electron chi connectivity index (χ3n) is 6.10. The van der Waals surface area contributed by atoms with Gasteiger partial charge in [-0.3, -0.25) is 13.9 Å². The molecule has 0 radical (unpaired) electrons. The summed E-state index contributed by atoms with van der Waals surface area (Å²) in [7, 11) is -1.35. The minimum Gasteiger partial charge on any atom is -0.508 e. The van der Waals surface area contributed by atoms with E-state index in [9.17, 15) is 23.1 Å². The van der Waals surface area contributed by atoms with Crippen LogP contribution in [0.3, 0.4) is 0 Å². The van der Waals surface area contributed by atoms with E-state index in [4.69, 9.17) is 4.74 Å². The van der Waals surface area contributed by atoms with Gasteiger partial charge in [0.1, 0.15) is 24.1 Å². The second kappa shape index (κ2) is 10.7. The van der Waals surface area contributed by atoms with E-state index >= 15 is 0 Å². The number of halogens is 3. The van der Waals surface area contributed by atoms with Gasteiger partial charge in [-0.1, -0.05) is 38.7 Å². The van der Waals surface area contributed by atoms with E-state index < -0.39 is 25.4 Å². The molecule has 4 rings (SSSR count). The van der Waals surface area contributed by atoms with Crippen molar-refractivity contribution >= 4 is 19.2 Å². The molecule has 202 valence electrons. The molecule has 4 aromatic rings. The maximum Gasteiger partial charge on any atom is 0.416 e. The highest BCUT2D eigenvalue weighted by Crippen LogP contribution is 2.32. The van der Waals surface area contributed by atoms with Crippen molar-refractivity contribution in [2.75, 3.05) is 6.61 Å². The minimum atomic E-state index is -4.53. The Hall–Kier alpha value is -3.44. The van der Waals surface area contributed by atoms with Crippen molar-refractivity contribution in [2.45, 2.75) is 58.5 Å². The van der Waals surface area contributed by atoms with Crippen LogP contribution >= 0.6 is 0 Å². The Bertz CT molecular complexity index is 1490. The number of phenolic OH excluding ortho intramolecular Hbond substituents is 1. The highest BCUT2D eigenvalue weighted by molar-refractivity contribution is 6.76. The van der Waals surface area contributed by atoms with E-state index in [1.807, 2.05) is 6.92 Å². The number of aromatic hydroxyl groups is 1. The number of benzene rings is 2. The maximum atomic E-state index is 13.9. The van der Waals surface area contributed by atoms with Gasteiger partial charge < -0.3 is 9.84 Å². The first kappa shape index (κ1) is 27.6. The van der Waals surface area contributed by atoms with Crippen LogP contribution in [0.1, 0.15) is 18.9 Å². The van der Waals surface area contributed by atoms with Gasteiger partial charge in [0, 0.05) is 32.4 Å². The number of alkyl halides is 3. The minimum absolute atomic E-state index is 0.0587. The number of nitrogens with zero attached hydrogens (tertiary/aromatic N) is 4. The normalized spacial score (nSPS) is 12.4. The zero-order chi connectivity index (χ0) is 27.7. The van der Waals surface area contributed by atoms with Crippen LogP contribution in [0.15, 0.2) is 53.3 Å². The molecule has 0 saturated heterocycles. The van der Waals surface area contributed by atoms with Gasteiger partial charge in [0.25, 0.3) is 5.56 Å². The van der Waals surface area contributed by atoms with Crippen LogP contribution in [-0.4, -0.2) is 38.9 Å². The van der Waals surface area contributed by atoms with Gasteiger partial charge in [0.05, 0.1) is 5.56 Å². The lowest BCUT2D eigenvalue weighted by Gasteiger charge is -2.17. The standard InChI is InChI=1S/C27H31F3N4O3Si/c1-5-13-33-25(19-7-6-8-20(16-19)27(28,29)30)32-23-22(26(33)36)34(17-37-14-15-38(2,3)4)24(31-23)18-9-11-21(35)12-10-18/h6-12,16,35H,5,13-15,17H2,1-4H3. The fraction of sp³-hybridized carbons (Fsp3) is 0.370. The first-order valence-electron chi connectivity index (χ1n) is 12.4. The number of fused-ring (bicyclic) bond motifs is 1. The van der Waals surface area contributed by atoms with Crippen LogP contribution < -0.4 is 5.56 Å². The van der Waals surface area contributed by atoms with Crippen LogP contribution in [0, 0.1) is 0 Å². The highest BCUT2D eigenvalue weighted by Gasteiger charge is 2.31. The lowest BCUT2D eigenvalue weighted by Crippen LogP contribution is -2.26. The molecule has 2 heterocycles. The fourth-order valence-corrected chi connectivity index (χ4v) is 4.85. The summed E-state index contributed by atoms with van der Waals surface area (Å²) in [4.78, 5) is 23.1. The average molecular weight is 545 g/mol. The molecule has 1 N–H and O–H groups in total. The molecule has 0 amide bonds. The van der Waals surface area contributed by atoms with Crippen LogP contribution in [0.5, 0.6) is 5.75 Å². The van der Waals surface area contributed by atoms with Gasteiger partial charge >= 0.3 is 6.18 Å². The quantitative estimate of drug-likeness (QED) is 0.196. The Balaban J connectivity index is 1.91. The molecule has 2 aromatic heterocycles. The topological polar surface area (TPSA) is 82.2 Å². The summed E-state index contributed by atoms with van der Waals surface area (Å²) in [5.41, 5.74) is -0.0815.